The van der Waals surface area contributed by atoms with Crippen molar-refractivity contribution in [2.24, 2.45) is 0 Å². The number of ether oxygens (including phenoxy) is 1. The molecule has 1 aliphatic heterocycles. The molecule has 2 aromatic carbocycles. The molecule has 0 saturated carbocycles. The third kappa shape index (κ3) is 3.15. The molecular weight excluding hydrogens is 436 g/mol. The third-order valence-corrected chi connectivity index (χ3v) is 6.67. The van der Waals surface area contributed by atoms with E-state index in [0.29, 0.717) is 23.5 Å². The van der Waals surface area contributed by atoms with Gasteiger partial charge in [0.15, 0.2) is 23.2 Å². The van der Waals surface area contributed by atoms with Crippen molar-refractivity contribution in [3.63, 3.8) is 0 Å². The third-order valence-electron chi connectivity index (χ3n) is 6.67. The number of nitrogens with zero attached hydrogens (tertiary/aromatic N) is 4. The highest BCUT2D eigenvalue weighted by Gasteiger charge is 2.44. The SMILES string of the molecule is Nc1nc(NCC2c3ccccc3-c3ccccc32)c2ncn(C3O[C@H](CO)[C@@H](O)[C@H]3O)c2n1. The number of fused-ring (bicyclic) bond motifs is 4. The van der Waals surface area contributed by atoms with Gasteiger partial charge in [-0.3, -0.25) is 4.57 Å². The molecule has 1 unspecified atom stereocenters. The number of hydrogen-bond donors (Lipinski definition) is 5. The van der Waals surface area contributed by atoms with Crippen LogP contribution in [0.1, 0.15) is 23.3 Å². The van der Waals surface area contributed by atoms with Gasteiger partial charge in [0.2, 0.25) is 5.95 Å². The number of hydrogen-bond acceptors (Lipinski definition) is 9. The fraction of sp³-hybridized carbons (Fsp3) is 0.292. The van der Waals surface area contributed by atoms with Gasteiger partial charge < -0.3 is 31.1 Å². The number of aliphatic hydroxyl groups excluding tert-OH is 3. The molecule has 0 spiro atoms. The van der Waals surface area contributed by atoms with Crippen LogP contribution in [-0.2, 0) is 4.74 Å². The zero-order valence-electron chi connectivity index (χ0n) is 18.1. The van der Waals surface area contributed by atoms with Crippen LogP contribution in [0.15, 0.2) is 54.9 Å². The van der Waals surface area contributed by atoms with Gasteiger partial charge >= 0.3 is 0 Å². The second kappa shape index (κ2) is 8.03. The minimum atomic E-state index is -1.26. The number of nitrogens with two attached hydrogens (primary N) is 1. The molecule has 0 amide bonds. The Hall–Kier alpha value is -3.57. The molecule has 174 valence electrons. The van der Waals surface area contributed by atoms with Crippen molar-refractivity contribution in [2.75, 3.05) is 24.2 Å². The molecule has 6 rings (SSSR count). The summed E-state index contributed by atoms with van der Waals surface area (Å²) in [5.74, 6) is 0.631. The maximum absolute atomic E-state index is 10.4. The number of aromatic nitrogens is 4. The summed E-state index contributed by atoms with van der Waals surface area (Å²) in [7, 11) is 0. The minimum Gasteiger partial charge on any atom is -0.394 e. The molecule has 34 heavy (non-hydrogen) atoms. The normalized spacial score (nSPS) is 23.9. The lowest BCUT2D eigenvalue weighted by Crippen LogP contribution is -2.33. The molecule has 0 radical (unpaired) electrons. The Kier molecular flexibility index (Phi) is 4.96. The Balaban J connectivity index is 1.33. The molecule has 4 aromatic rings. The van der Waals surface area contributed by atoms with Crippen molar-refractivity contribution in [2.45, 2.75) is 30.5 Å². The summed E-state index contributed by atoms with van der Waals surface area (Å²) in [6, 6.07) is 16.7. The van der Waals surface area contributed by atoms with E-state index < -0.39 is 31.1 Å². The molecule has 0 bridgehead atoms. The predicted octanol–water partition coefficient (Wildman–Crippen LogP) is 1.24. The number of anilines is 2. The van der Waals surface area contributed by atoms with Crippen molar-refractivity contribution < 1.29 is 20.1 Å². The summed E-state index contributed by atoms with van der Waals surface area (Å²) >= 11 is 0. The number of rotatable bonds is 5. The van der Waals surface area contributed by atoms with Crippen LogP contribution in [0.2, 0.25) is 0 Å². The Morgan fingerprint density at radius 2 is 1.65 bits per heavy atom. The number of imidazole rings is 1. The zero-order valence-corrected chi connectivity index (χ0v) is 18.1. The molecule has 1 aliphatic carbocycles. The van der Waals surface area contributed by atoms with Crippen LogP contribution in [0.5, 0.6) is 0 Å². The van der Waals surface area contributed by atoms with Crippen LogP contribution in [0.4, 0.5) is 11.8 Å². The van der Waals surface area contributed by atoms with Crippen LogP contribution in [0.3, 0.4) is 0 Å². The Morgan fingerprint density at radius 1 is 0.971 bits per heavy atom. The molecule has 2 aliphatic rings. The van der Waals surface area contributed by atoms with Gasteiger partial charge in [-0.15, -0.1) is 0 Å². The lowest BCUT2D eigenvalue weighted by Gasteiger charge is -2.17. The molecule has 2 aromatic heterocycles. The fourth-order valence-electron chi connectivity index (χ4n) is 5.03. The molecule has 10 heteroatoms. The van der Waals surface area contributed by atoms with E-state index in [9.17, 15) is 15.3 Å². The van der Waals surface area contributed by atoms with Crippen molar-refractivity contribution in [1.29, 1.82) is 0 Å². The van der Waals surface area contributed by atoms with Gasteiger partial charge in [0.05, 0.1) is 12.9 Å². The largest absolute Gasteiger partial charge is 0.394 e. The Morgan fingerprint density at radius 3 is 2.29 bits per heavy atom. The summed E-state index contributed by atoms with van der Waals surface area (Å²) in [6.45, 7) is 0.149. The molecule has 1 fully saturated rings. The Labute approximate surface area is 194 Å². The van der Waals surface area contributed by atoms with Gasteiger partial charge in [-0.25, -0.2) is 4.98 Å². The maximum Gasteiger partial charge on any atom is 0.224 e. The lowest BCUT2D eigenvalue weighted by molar-refractivity contribution is -0.0511. The molecule has 6 N–H and O–H groups in total. The Bertz CT molecular complexity index is 1330. The average molecular weight is 460 g/mol. The number of nitrogens with one attached hydrogen (secondary N) is 1. The van der Waals surface area contributed by atoms with E-state index >= 15 is 0 Å². The molecule has 1 saturated heterocycles. The molecule has 10 nitrogen and oxygen atoms in total. The minimum absolute atomic E-state index is 0.0377. The van der Waals surface area contributed by atoms with Crippen LogP contribution in [-0.4, -0.2) is 66.3 Å². The van der Waals surface area contributed by atoms with Crippen molar-refractivity contribution in [3.8, 4) is 11.1 Å². The van der Waals surface area contributed by atoms with Crippen molar-refractivity contribution >= 4 is 22.9 Å². The van der Waals surface area contributed by atoms with Gasteiger partial charge in [0.1, 0.15) is 18.3 Å². The predicted molar refractivity (Wildman–Crippen MR) is 125 cm³/mol. The monoisotopic (exact) mass is 460 g/mol. The summed E-state index contributed by atoms with van der Waals surface area (Å²) in [4.78, 5) is 13.1. The quantitative estimate of drug-likeness (QED) is 0.296. The highest BCUT2D eigenvalue weighted by molar-refractivity contribution is 5.85. The first kappa shape index (κ1) is 21.0. The topological polar surface area (TPSA) is 152 Å². The van der Waals surface area contributed by atoms with Crippen LogP contribution >= 0.6 is 0 Å². The second-order valence-corrected chi connectivity index (χ2v) is 8.59. The smallest absolute Gasteiger partial charge is 0.224 e. The van der Waals surface area contributed by atoms with E-state index in [1.165, 1.54) is 33.1 Å². The average Bonchev–Trinajstić information content (AvgIpc) is 3.50. The molecule has 3 heterocycles. The van der Waals surface area contributed by atoms with E-state index in [-0.39, 0.29) is 11.9 Å². The zero-order chi connectivity index (χ0) is 23.4. The number of aliphatic hydroxyl groups is 3. The first-order chi connectivity index (χ1) is 16.6. The summed E-state index contributed by atoms with van der Waals surface area (Å²) in [6.07, 6.45) is -2.89. The highest BCUT2D eigenvalue weighted by atomic mass is 16.6. The van der Waals surface area contributed by atoms with Crippen LogP contribution in [0.25, 0.3) is 22.3 Å². The van der Waals surface area contributed by atoms with Gasteiger partial charge in [0, 0.05) is 12.5 Å². The summed E-state index contributed by atoms with van der Waals surface area (Å²) in [5, 5.41) is 33.4. The van der Waals surface area contributed by atoms with Crippen molar-refractivity contribution in [3.05, 3.63) is 66.0 Å². The van der Waals surface area contributed by atoms with Crippen LogP contribution in [0, 0.1) is 0 Å². The maximum atomic E-state index is 10.4. The summed E-state index contributed by atoms with van der Waals surface area (Å²) < 4.78 is 7.14. The van der Waals surface area contributed by atoms with Gasteiger partial charge in [-0.2, -0.15) is 9.97 Å². The highest BCUT2D eigenvalue weighted by Crippen LogP contribution is 2.44. The van der Waals surface area contributed by atoms with E-state index in [4.69, 9.17) is 10.5 Å². The first-order valence-electron chi connectivity index (χ1n) is 11.1. The summed E-state index contributed by atoms with van der Waals surface area (Å²) in [5.41, 5.74) is 11.8. The van der Waals surface area contributed by atoms with Gasteiger partial charge in [0.25, 0.3) is 0 Å². The number of nitrogen functional groups attached to an aromatic ring is 1. The van der Waals surface area contributed by atoms with E-state index in [0.717, 1.165) is 0 Å². The van der Waals surface area contributed by atoms with E-state index in [2.05, 4.69) is 44.5 Å². The van der Waals surface area contributed by atoms with Gasteiger partial charge in [-0.05, 0) is 22.3 Å². The van der Waals surface area contributed by atoms with Crippen LogP contribution < -0.4 is 11.1 Å². The van der Waals surface area contributed by atoms with Gasteiger partial charge in [-0.1, -0.05) is 48.5 Å². The lowest BCUT2D eigenvalue weighted by atomic mass is 9.97. The van der Waals surface area contributed by atoms with Crippen molar-refractivity contribution in [1.82, 2.24) is 19.5 Å². The standard InChI is InChI=1S/C24H24N6O4/c25-24-28-21(18-22(29-24)30(11-27-18)23-20(33)19(32)17(10-31)34-23)26-9-16-14-7-3-1-5-12(14)13-6-2-4-8-15(13)16/h1-8,11,16-17,19-20,23,31-33H,9-10H2,(H3,25,26,28,29)/t17-,19-,20-,23?/m1/s1. The first-order valence-corrected chi connectivity index (χ1v) is 11.1. The fourth-order valence-corrected chi connectivity index (χ4v) is 5.03. The van der Waals surface area contributed by atoms with E-state index in [1.807, 2.05) is 24.3 Å². The molecular formula is C24H24N6O4. The van der Waals surface area contributed by atoms with E-state index in [1.54, 1.807) is 0 Å². The molecule has 4 atom stereocenters. The second-order valence-electron chi connectivity index (χ2n) is 8.59. The number of benzene rings is 2.